The molecule has 11 heteroatoms. The number of nitrogens with zero attached hydrogens (tertiary/aromatic N) is 3. The lowest BCUT2D eigenvalue weighted by Gasteiger charge is -2.04. The van der Waals surface area contributed by atoms with Gasteiger partial charge < -0.3 is 9.15 Å². The number of carbonyl (C=O) groups excluding carboxylic acids is 1. The topological polar surface area (TPSA) is 138 Å². The summed E-state index contributed by atoms with van der Waals surface area (Å²) < 4.78 is 11.0. The zero-order chi connectivity index (χ0) is 23.9. The SMILES string of the molecule is Cc1cc([N+](=O)[O-])c(Cl)cc1-c1ccc(/C=C2\N=C(c3cccc([N+](=O)[O-])c3C)OC2=O)o1. The highest BCUT2D eigenvalue weighted by Gasteiger charge is 2.28. The predicted octanol–water partition coefficient (Wildman–Crippen LogP) is 5.38. The maximum absolute atomic E-state index is 12.3. The number of nitro groups is 2. The molecule has 0 atom stereocenters. The van der Waals surface area contributed by atoms with Crippen molar-refractivity contribution >= 4 is 40.9 Å². The number of benzene rings is 2. The number of carbonyl (C=O) groups is 1. The summed E-state index contributed by atoms with van der Waals surface area (Å²) in [6, 6.07) is 10.4. The molecule has 0 spiro atoms. The van der Waals surface area contributed by atoms with Crippen molar-refractivity contribution in [3.63, 3.8) is 0 Å². The van der Waals surface area contributed by atoms with Gasteiger partial charge in [0.2, 0.25) is 5.90 Å². The first-order chi connectivity index (χ1) is 15.7. The standard InChI is InChI=1S/C22H14ClN3O7/c1-11-8-19(26(30)31)16(23)10-15(11)20-7-6-13(32-20)9-17-22(27)33-21(24-17)14-4-3-5-18(12(14)2)25(28)29/h3-10H,1-2H3/b17-9-. The minimum absolute atomic E-state index is 0.0298. The molecule has 166 valence electrons. The summed E-state index contributed by atoms with van der Waals surface area (Å²) >= 11 is 6.01. The van der Waals surface area contributed by atoms with Crippen LogP contribution in [0.15, 0.2) is 57.6 Å². The Morgan fingerprint density at radius 2 is 1.73 bits per heavy atom. The molecule has 0 fully saturated rings. The first kappa shape index (κ1) is 21.9. The van der Waals surface area contributed by atoms with Crippen molar-refractivity contribution in [3.8, 4) is 11.3 Å². The number of esters is 1. The van der Waals surface area contributed by atoms with Crippen molar-refractivity contribution in [2.75, 3.05) is 0 Å². The molecule has 0 saturated carbocycles. The zero-order valence-corrected chi connectivity index (χ0v) is 18.0. The molecule has 4 rings (SSSR count). The summed E-state index contributed by atoms with van der Waals surface area (Å²) in [4.78, 5) is 37.6. The van der Waals surface area contributed by atoms with Gasteiger partial charge in [0.25, 0.3) is 11.4 Å². The van der Waals surface area contributed by atoms with Gasteiger partial charge in [0.1, 0.15) is 16.5 Å². The highest BCUT2D eigenvalue weighted by Crippen LogP contribution is 2.35. The number of cyclic esters (lactones) is 1. The fraction of sp³-hybridized carbons (Fsp3) is 0.0909. The Hall–Kier alpha value is -4.31. The number of aliphatic imine (C=N–C) groups is 1. The number of aryl methyl sites for hydroxylation is 1. The van der Waals surface area contributed by atoms with Gasteiger partial charge in [-0.05, 0) is 43.7 Å². The van der Waals surface area contributed by atoms with Gasteiger partial charge >= 0.3 is 5.97 Å². The molecule has 1 aromatic heterocycles. The Kier molecular flexibility index (Phi) is 5.52. The van der Waals surface area contributed by atoms with Crippen LogP contribution >= 0.6 is 11.6 Å². The molecule has 1 aliphatic rings. The first-order valence-electron chi connectivity index (χ1n) is 9.47. The van der Waals surface area contributed by atoms with Crippen LogP contribution in [0, 0.1) is 34.1 Å². The molecule has 0 bridgehead atoms. The second-order valence-electron chi connectivity index (χ2n) is 7.12. The summed E-state index contributed by atoms with van der Waals surface area (Å²) in [6.45, 7) is 3.23. The largest absolute Gasteiger partial charge is 0.457 e. The summed E-state index contributed by atoms with van der Waals surface area (Å²) in [7, 11) is 0. The molecule has 0 amide bonds. The van der Waals surface area contributed by atoms with Crippen LogP contribution in [0.3, 0.4) is 0 Å². The molecule has 1 aliphatic heterocycles. The highest BCUT2D eigenvalue weighted by atomic mass is 35.5. The number of rotatable bonds is 5. The number of nitro benzene ring substituents is 2. The molecule has 33 heavy (non-hydrogen) atoms. The smallest absolute Gasteiger partial charge is 0.363 e. The zero-order valence-electron chi connectivity index (χ0n) is 17.2. The van der Waals surface area contributed by atoms with E-state index in [0.29, 0.717) is 28.0 Å². The summed E-state index contributed by atoms with van der Waals surface area (Å²) in [6.07, 6.45) is 1.37. The van der Waals surface area contributed by atoms with Crippen LogP contribution in [0.2, 0.25) is 5.02 Å². The van der Waals surface area contributed by atoms with Crippen molar-refractivity contribution < 1.29 is 23.8 Å². The molecule has 0 unspecified atom stereocenters. The Balaban J connectivity index is 1.67. The average molecular weight is 468 g/mol. The molecule has 0 saturated heterocycles. The maximum Gasteiger partial charge on any atom is 0.363 e. The van der Waals surface area contributed by atoms with Crippen molar-refractivity contribution in [1.29, 1.82) is 0 Å². The number of hydrogen-bond donors (Lipinski definition) is 0. The van der Waals surface area contributed by atoms with Crippen LogP contribution in [0.4, 0.5) is 11.4 Å². The van der Waals surface area contributed by atoms with E-state index in [9.17, 15) is 25.0 Å². The van der Waals surface area contributed by atoms with Crippen LogP contribution < -0.4 is 0 Å². The van der Waals surface area contributed by atoms with Crippen LogP contribution in [0.25, 0.3) is 17.4 Å². The van der Waals surface area contributed by atoms with Gasteiger partial charge in [0, 0.05) is 34.9 Å². The van der Waals surface area contributed by atoms with Crippen LogP contribution in [0.5, 0.6) is 0 Å². The van der Waals surface area contributed by atoms with E-state index in [-0.39, 0.29) is 33.8 Å². The van der Waals surface area contributed by atoms with Crippen molar-refractivity contribution in [2.45, 2.75) is 13.8 Å². The monoisotopic (exact) mass is 467 g/mol. The second kappa shape index (κ2) is 8.32. The fourth-order valence-electron chi connectivity index (χ4n) is 3.36. The first-order valence-corrected chi connectivity index (χ1v) is 9.85. The van der Waals surface area contributed by atoms with Gasteiger partial charge in [-0.25, -0.2) is 9.79 Å². The third-order valence-electron chi connectivity index (χ3n) is 5.01. The molecule has 0 N–H and O–H groups in total. The Morgan fingerprint density at radius 3 is 2.42 bits per heavy atom. The van der Waals surface area contributed by atoms with E-state index in [4.69, 9.17) is 20.8 Å². The summed E-state index contributed by atoms with van der Waals surface area (Å²) in [5.41, 5.74) is 1.42. The third kappa shape index (κ3) is 4.11. The minimum Gasteiger partial charge on any atom is -0.457 e. The molecule has 3 aromatic rings. The molecule has 0 radical (unpaired) electrons. The van der Waals surface area contributed by atoms with Crippen molar-refractivity contribution in [1.82, 2.24) is 0 Å². The Morgan fingerprint density at radius 1 is 1.00 bits per heavy atom. The van der Waals surface area contributed by atoms with E-state index in [1.807, 2.05) is 0 Å². The third-order valence-corrected chi connectivity index (χ3v) is 5.32. The van der Waals surface area contributed by atoms with Crippen LogP contribution in [-0.4, -0.2) is 21.7 Å². The fourth-order valence-corrected chi connectivity index (χ4v) is 3.59. The van der Waals surface area contributed by atoms with Gasteiger partial charge in [-0.2, -0.15) is 0 Å². The minimum atomic E-state index is -0.733. The maximum atomic E-state index is 12.3. The normalized spacial score (nSPS) is 14.3. The predicted molar refractivity (Wildman–Crippen MR) is 119 cm³/mol. The van der Waals surface area contributed by atoms with Gasteiger partial charge in [-0.3, -0.25) is 20.2 Å². The Labute approximate surface area is 191 Å². The van der Waals surface area contributed by atoms with Gasteiger partial charge in [0.15, 0.2) is 5.70 Å². The van der Waals surface area contributed by atoms with Gasteiger partial charge in [-0.1, -0.05) is 17.7 Å². The van der Waals surface area contributed by atoms with E-state index in [2.05, 4.69) is 4.99 Å². The molecule has 0 aliphatic carbocycles. The molecule has 2 aromatic carbocycles. The summed E-state index contributed by atoms with van der Waals surface area (Å²) in [5.74, 6) is -0.103. The molecule has 10 nitrogen and oxygen atoms in total. The molecule has 2 heterocycles. The average Bonchev–Trinajstić information content (AvgIpc) is 3.36. The van der Waals surface area contributed by atoms with Crippen LogP contribution in [0.1, 0.15) is 22.5 Å². The van der Waals surface area contributed by atoms with E-state index >= 15 is 0 Å². The lowest BCUT2D eigenvalue weighted by molar-refractivity contribution is -0.385. The highest BCUT2D eigenvalue weighted by molar-refractivity contribution is 6.33. The van der Waals surface area contributed by atoms with E-state index in [1.165, 1.54) is 30.3 Å². The van der Waals surface area contributed by atoms with Crippen LogP contribution in [-0.2, 0) is 9.53 Å². The Bertz CT molecular complexity index is 1400. The number of hydrogen-bond acceptors (Lipinski definition) is 8. The quantitative estimate of drug-likeness (QED) is 0.212. The summed E-state index contributed by atoms with van der Waals surface area (Å²) in [5, 5.41) is 22.2. The van der Waals surface area contributed by atoms with E-state index in [0.717, 1.165) is 0 Å². The van der Waals surface area contributed by atoms with Gasteiger partial charge in [0.05, 0.1) is 9.85 Å². The number of ether oxygens (including phenoxy) is 1. The number of furan rings is 1. The van der Waals surface area contributed by atoms with Crippen molar-refractivity contribution in [2.24, 2.45) is 4.99 Å². The lowest BCUT2D eigenvalue weighted by atomic mass is 10.1. The van der Waals surface area contributed by atoms with E-state index in [1.54, 1.807) is 32.0 Å². The van der Waals surface area contributed by atoms with E-state index < -0.39 is 15.8 Å². The van der Waals surface area contributed by atoms with Crippen molar-refractivity contribution in [3.05, 3.63) is 95.9 Å². The lowest BCUT2D eigenvalue weighted by Crippen LogP contribution is -2.08. The van der Waals surface area contributed by atoms with Gasteiger partial charge in [-0.15, -0.1) is 0 Å². The molecular formula is C22H14ClN3O7. The second-order valence-corrected chi connectivity index (χ2v) is 7.53. The molecular weight excluding hydrogens is 454 g/mol. The number of halogens is 1.